The molecule has 0 saturated heterocycles. The molecule has 2 saturated carbocycles. The van der Waals surface area contributed by atoms with Crippen LogP contribution in [0, 0.1) is 0 Å². The first kappa shape index (κ1) is 17.6. The number of rotatable bonds is 5. The van der Waals surface area contributed by atoms with Crippen LogP contribution >= 0.6 is 0 Å². The van der Waals surface area contributed by atoms with Crippen molar-refractivity contribution < 1.29 is 14.3 Å². The maximum absolute atomic E-state index is 12.7. The average molecular weight is 346 g/mol. The molecule has 3 rings (SSSR count). The predicted molar refractivity (Wildman–Crippen MR) is 91.8 cm³/mol. The summed E-state index contributed by atoms with van der Waals surface area (Å²) in [4.78, 5) is 33.6. The zero-order valence-electron chi connectivity index (χ0n) is 15.3. The molecule has 0 spiro atoms. The number of ether oxygens (including phenoxy) is 1. The fraction of sp³-hybridized carbons (Fsp3) is 0.667. The van der Waals surface area contributed by atoms with Gasteiger partial charge in [0.05, 0.1) is 0 Å². The number of nitrogens with zero attached hydrogens (tertiary/aromatic N) is 2. The van der Waals surface area contributed by atoms with Crippen LogP contribution in [-0.2, 0) is 21.5 Å². The zero-order valence-corrected chi connectivity index (χ0v) is 15.3. The summed E-state index contributed by atoms with van der Waals surface area (Å²) in [6.45, 7) is 7.43. The molecule has 2 amide bonds. The summed E-state index contributed by atoms with van der Waals surface area (Å²) in [5.41, 5.74) is -0.880. The van der Waals surface area contributed by atoms with Gasteiger partial charge < -0.3 is 15.4 Å². The highest BCUT2D eigenvalue weighted by Gasteiger charge is 2.57. The Morgan fingerprint density at radius 3 is 2.16 bits per heavy atom. The van der Waals surface area contributed by atoms with Crippen molar-refractivity contribution in [1.29, 1.82) is 0 Å². The number of carbonyl (C=O) groups is 2. The summed E-state index contributed by atoms with van der Waals surface area (Å²) < 4.78 is 5.26. The van der Waals surface area contributed by atoms with Crippen molar-refractivity contribution in [3.63, 3.8) is 0 Å². The third kappa shape index (κ3) is 3.91. The highest BCUT2D eigenvalue weighted by atomic mass is 16.6. The summed E-state index contributed by atoms with van der Waals surface area (Å²) in [6.07, 6.45) is 6.78. The van der Waals surface area contributed by atoms with Gasteiger partial charge in [0.2, 0.25) is 5.91 Å². The van der Waals surface area contributed by atoms with Gasteiger partial charge in [-0.1, -0.05) is 6.92 Å². The molecular formula is C18H26N4O3. The second kappa shape index (κ2) is 5.97. The molecule has 7 heteroatoms. The Hall–Kier alpha value is -2.18. The highest BCUT2D eigenvalue weighted by Crippen LogP contribution is 2.46. The summed E-state index contributed by atoms with van der Waals surface area (Å²) in [7, 11) is 0. The molecule has 0 aromatic carbocycles. The van der Waals surface area contributed by atoms with E-state index in [2.05, 4.69) is 20.6 Å². The molecule has 0 unspecified atom stereocenters. The number of nitrogens with one attached hydrogen (secondary N) is 2. The molecule has 0 radical (unpaired) electrons. The Morgan fingerprint density at radius 2 is 1.72 bits per heavy atom. The molecule has 2 aliphatic rings. The number of aryl methyl sites for hydroxylation is 1. The molecule has 2 fully saturated rings. The number of aromatic nitrogens is 2. The van der Waals surface area contributed by atoms with Gasteiger partial charge >= 0.3 is 6.09 Å². The van der Waals surface area contributed by atoms with Crippen molar-refractivity contribution in [3.8, 4) is 0 Å². The third-order valence-corrected chi connectivity index (χ3v) is 4.57. The Bertz CT molecular complexity index is 671. The van der Waals surface area contributed by atoms with Crippen LogP contribution in [0.1, 0.15) is 64.8 Å². The molecule has 1 aromatic rings. The minimum Gasteiger partial charge on any atom is -0.444 e. The van der Waals surface area contributed by atoms with Gasteiger partial charge in [-0.05, 0) is 58.4 Å². The van der Waals surface area contributed by atoms with E-state index in [1.54, 1.807) is 33.2 Å². The monoisotopic (exact) mass is 346 g/mol. The van der Waals surface area contributed by atoms with Crippen LogP contribution in [0.4, 0.5) is 4.79 Å². The Morgan fingerprint density at radius 1 is 1.12 bits per heavy atom. The number of carbonyl (C=O) groups excluding carboxylic acids is 2. The van der Waals surface area contributed by atoms with Crippen molar-refractivity contribution in [3.05, 3.63) is 23.8 Å². The maximum atomic E-state index is 12.7. The smallest absolute Gasteiger partial charge is 0.408 e. The van der Waals surface area contributed by atoms with Crippen LogP contribution in [0.5, 0.6) is 0 Å². The Labute approximate surface area is 148 Å². The van der Waals surface area contributed by atoms with Gasteiger partial charge in [0, 0.05) is 12.4 Å². The van der Waals surface area contributed by atoms with Gasteiger partial charge in [-0.3, -0.25) is 4.79 Å². The lowest BCUT2D eigenvalue weighted by Gasteiger charge is -2.24. The van der Waals surface area contributed by atoms with Gasteiger partial charge in [0.15, 0.2) is 5.82 Å². The number of hydrogen-bond donors (Lipinski definition) is 2. The molecule has 2 N–H and O–H groups in total. The summed E-state index contributed by atoms with van der Waals surface area (Å²) in [5.74, 6) is 0.463. The second-order valence-corrected chi connectivity index (χ2v) is 8.01. The Balaban J connectivity index is 1.64. The third-order valence-electron chi connectivity index (χ3n) is 4.57. The summed E-state index contributed by atoms with van der Waals surface area (Å²) in [5, 5.41) is 5.79. The lowest BCUT2D eigenvalue weighted by molar-refractivity contribution is -0.125. The molecule has 1 aromatic heterocycles. The lowest BCUT2D eigenvalue weighted by Crippen LogP contribution is -2.52. The first-order valence-electron chi connectivity index (χ1n) is 8.83. The lowest BCUT2D eigenvalue weighted by atomic mass is 10.1. The van der Waals surface area contributed by atoms with E-state index in [0.717, 1.165) is 24.8 Å². The van der Waals surface area contributed by atoms with Crippen LogP contribution < -0.4 is 10.6 Å². The van der Waals surface area contributed by atoms with Gasteiger partial charge in [0.1, 0.15) is 16.7 Å². The molecule has 7 nitrogen and oxygen atoms in total. The number of amides is 2. The fourth-order valence-corrected chi connectivity index (χ4v) is 2.68. The molecule has 0 atom stereocenters. The minimum absolute atomic E-state index is 0.181. The number of alkyl carbamates (subject to hydrolysis) is 1. The summed E-state index contributed by atoms with van der Waals surface area (Å²) >= 11 is 0. The van der Waals surface area contributed by atoms with Crippen LogP contribution in [-0.4, -0.2) is 33.1 Å². The normalized spacial score (nSPS) is 19.7. The molecule has 0 aliphatic heterocycles. The first-order valence-corrected chi connectivity index (χ1v) is 8.83. The highest BCUT2D eigenvalue weighted by molar-refractivity contribution is 5.93. The van der Waals surface area contributed by atoms with E-state index in [9.17, 15) is 9.59 Å². The van der Waals surface area contributed by atoms with Crippen LogP contribution in [0.3, 0.4) is 0 Å². The van der Waals surface area contributed by atoms with Crippen molar-refractivity contribution in [2.75, 3.05) is 0 Å². The van der Waals surface area contributed by atoms with Crippen molar-refractivity contribution in [2.45, 2.75) is 76.5 Å². The quantitative estimate of drug-likeness (QED) is 0.852. The molecule has 2 aliphatic carbocycles. The van der Waals surface area contributed by atoms with Crippen molar-refractivity contribution in [1.82, 2.24) is 20.6 Å². The minimum atomic E-state index is -0.860. The van der Waals surface area contributed by atoms with Gasteiger partial charge in [-0.15, -0.1) is 0 Å². The van der Waals surface area contributed by atoms with E-state index in [1.165, 1.54) is 0 Å². The topological polar surface area (TPSA) is 93.2 Å². The molecule has 1 heterocycles. The van der Waals surface area contributed by atoms with Gasteiger partial charge in [-0.2, -0.15) is 0 Å². The molecule has 25 heavy (non-hydrogen) atoms. The Kier molecular flexibility index (Phi) is 4.21. The molecule has 0 bridgehead atoms. The van der Waals surface area contributed by atoms with Gasteiger partial charge in [-0.25, -0.2) is 14.8 Å². The SMILES string of the molecule is CCc1cnc(C2(NC(=O)C3(NC(=O)OC(C)(C)C)CC3)CC2)nc1. The van der Waals surface area contributed by atoms with E-state index in [0.29, 0.717) is 18.7 Å². The van der Waals surface area contributed by atoms with Gasteiger partial charge in [0.25, 0.3) is 0 Å². The maximum Gasteiger partial charge on any atom is 0.408 e. The molecular weight excluding hydrogens is 320 g/mol. The predicted octanol–water partition coefficient (Wildman–Crippen LogP) is 2.20. The van der Waals surface area contributed by atoms with Crippen molar-refractivity contribution >= 4 is 12.0 Å². The standard InChI is InChI=1S/C18H26N4O3/c1-5-12-10-19-13(20-11-12)17(6-7-17)21-14(23)18(8-9-18)22-15(24)25-16(2,3)4/h10-11H,5-9H2,1-4H3,(H,21,23)(H,22,24). The van der Waals surface area contributed by atoms with E-state index in [4.69, 9.17) is 4.74 Å². The van der Waals surface area contributed by atoms with E-state index < -0.39 is 22.8 Å². The zero-order chi connectivity index (χ0) is 18.3. The fourth-order valence-electron chi connectivity index (χ4n) is 2.68. The van der Waals surface area contributed by atoms with E-state index in [-0.39, 0.29) is 5.91 Å². The van der Waals surface area contributed by atoms with Crippen LogP contribution in [0.2, 0.25) is 0 Å². The number of hydrogen-bond acceptors (Lipinski definition) is 5. The first-order chi connectivity index (χ1) is 11.7. The van der Waals surface area contributed by atoms with E-state index >= 15 is 0 Å². The average Bonchev–Trinajstić information content (AvgIpc) is 3.43. The second-order valence-electron chi connectivity index (χ2n) is 8.01. The summed E-state index contributed by atoms with van der Waals surface area (Å²) in [6, 6.07) is 0. The van der Waals surface area contributed by atoms with Crippen LogP contribution in [0.15, 0.2) is 12.4 Å². The largest absolute Gasteiger partial charge is 0.444 e. The molecule has 136 valence electrons. The van der Waals surface area contributed by atoms with Crippen LogP contribution in [0.25, 0.3) is 0 Å². The van der Waals surface area contributed by atoms with Crippen molar-refractivity contribution in [2.24, 2.45) is 0 Å². The van der Waals surface area contributed by atoms with E-state index in [1.807, 2.05) is 6.92 Å².